The van der Waals surface area contributed by atoms with Crippen molar-refractivity contribution in [2.45, 2.75) is 32.4 Å². The van der Waals surface area contributed by atoms with Crippen LogP contribution >= 0.6 is 0 Å². The van der Waals surface area contributed by atoms with Crippen LogP contribution in [0.2, 0.25) is 0 Å². The summed E-state index contributed by atoms with van der Waals surface area (Å²) in [5.74, 6) is 0.640. The van der Waals surface area contributed by atoms with E-state index in [1.54, 1.807) is 24.8 Å². The molecule has 6 nitrogen and oxygen atoms in total. The van der Waals surface area contributed by atoms with Crippen LogP contribution in [-0.2, 0) is 9.53 Å². The van der Waals surface area contributed by atoms with Crippen LogP contribution in [0.1, 0.15) is 29.5 Å². The van der Waals surface area contributed by atoms with Crippen molar-refractivity contribution in [2.75, 3.05) is 26.2 Å². The third-order valence-corrected chi connectivity index (χ3v) is 4.37. The number of morpholine rings is 1. The summed E-state index contributed by atoms with van der Waals surface area (Å²) in [4.78, 5) is 27.9. The molecule has 2 aliphatic rings. The number of hydrogen-bond donors (Lipinski definition) is 0. The van der Waals surface area contributed by atoms with Crippen LogP contribution in [0.15, 0.2) is 16.7 Å². The largest absolute Gasteiger partial charge is 0.469 e. The molecule has 0 spiro atoms. The molecule has 0 aliphatic carbocycles. The molecule has 0 radical (unpaired) electrons. The molecule has 3 heterocycles. The molecule has 0 unspecified atom stereocenters. The first-order valence-electron chi connectivity index (χ1n) is 7.30. The summed E-state index contributed by atoms with van der Waals surface area (Å²) in [7, 11) is 0. The van der Waals surface area contributed by atoms with Gasteiger partial charge in [-0.05, 0) is 19.4 Å². The Hall–Kier alpha value is -1.82. The fourth-order valence-electron chi connectivity index (χ4n) is 3.22. The minimum absolute atomic E-state index is 0.0335. The Morgan fingerprint density at radius 2 is 2.14 bits per heavy atom. The Balaban J connectivity index is 1.76. The summed E-state index contributed by atoms with van der Waals surface area (Å²) in [6.45, 7) is 5.71. The fraction of sp³-hybridized carbons (Fsp3) is 0.600. The van der Waals surface area contributed by atoms with Crippen molar-refractivity contribution in [1.82, 2.24) is 9.80 Å². The summed E-state index contributed by atoms with van der Waals surface area (Å²) in [6.07, 6.45) is 2.33. The second-order valence-corrected chi connectivity index (χ2v) is 5.62. The van der Waals surface area contributed by atoms with E-state index >= 15 is 0 Å². The van der Waals surface area contributed by atoms with Gasteiger partial charge in [-0.15, -0.1) is 0 Å². The van der Waals surface area contributed by atoms with E-state index in [2.05, 4.69) is 0 Å². The van der Waals surface area contributed by atoms with Crippen LogP contribution in [0.3, 0.4) is 0 Å². The molecule has 6 heteroatoms. The lowest BCUT2D eigenvalue weighted by Crippen LogP contribution is -2.61. The Bertz CT molecular complexity index is 554. The number of aryl methyl sites for hydroxylation is 1. The highest BCUT2D eigenvalue weighted by Gasteiger charge is 2.39. The lowest BCUT2D eigenvalue weighted by Gasteiger charge is -2.46. The lowest BCUT2D eigenvalue weighted by atomic mass is 9.98. The number of likely N-dealkylation sites (tertiary alicyclic amines) is 1. The fourth-order valence-corrected chi connectivity index (χ4v) is 3.22. The first kappa shape index (κ1) is 14.1. The molecule has 2 fully saturated rings. The van der Waals surface area contributed by atoms with Gasteiger partial charge in [-0.1, -0.05) is 0 Å². The normalized spacial score (nSPS) is 25.6. The summed E-state index contributed by atoms with van der Waals surface area (Å²) < 4.78 is 11.0. The van der Waals surface area contributed by atoms with Crippen LogP contribution in [0.5, 0.6) is 0 Å². The maximum atomic E-state index is 12.6. The van der Waals surface area contributed by atoms with Gasteiger partial charge >= 0.3 is 0 Å². The summed E-state index contributed by atoms with van der Waals surface area (Å²) in [5, 5.41) is 0. The average molecular weight is 292 g/mol. The number of rotatable bonds is 1. The second-order valence-electron chi connectivity index (χ2n) is 5.62. The molecule has 0 N–H and O–H groups in total. The standard InChI is InChI=1S/C15H20N2O4/c1-10-12(4-7-20-10)15(19)16-5-3-14-13(9-16)17(11(2)18)6-8-21-14/h4,7,13-14H,3,5-6,8-9H2,1-2H3/t13-,14-/m0/s1. The van der Waals surface area contributed by atoms with Crippen molar-refractivity contribution < 1.29 is 18.7 Å². The predicted molar refractivity (Wildman–Crippen MR) is 74.9 cm³/mol. The number of hydrogen-bond acceptors (Lipinski definition) is 4. The molecule has 2 aliphatic heterocycles. The SMILES string of the molecule is CC(=O)N1CCO[C@H]2CCN(C(=O)c3ccoc3C)C[C@@H]21. The van der Waals surface area contributed by atoms with E-state index in [0.717, 1.165) is 6.42 Å². The van der Waals surface area contributed by atoms with Crippen molar-refractivity contribution in [3.05, 3.63) is 23.7 Å². The van der Waals surface area contributed by atoms with Crippen LogP contribution in [-0.4, -0.2) is 60.0 Å². The summed E-state index contributed by atoms with van der Waals surface area (Å²) >= 11 is 0. The van der Waals surface area contributed by atoms with Crippen LogP contribution in [0, 0.1) is 6.92 Å². The van der Waals surface area contributed by atoms with Crippen LogP contribution < -0.4 is 0 Å². The monoisotopic (exact) mass is 292 g/mol. The van der Waals surface area contributed by atoms with Gasteiger partial charge in [0.15, 0.2) is 0 Å². The lowest BCUT2D eigenvalue weighted by molar-refractivity contribution is -0.149. The second kappa shape index (κ2) is 5.52. The van der Waals surface area contributed by atoms with Crippen molar-refractivity contribution >= 4 is 11.8 Å². The van der Waals surface area contributed by atoms with Crippen molar-refractivity contribution in [3.63, 3.8) is 0 Å². The van der Waals surface area contributed by atoms with Crippen molar-refractivity contribution in [3.8, 4) is 0 Å². The number of fused-ring (bicyclic) bond motifs is 1. The molecule has 3 rings (SSSR count). The highest BCUT2D eigenvalue weighted by atomic mass is 16.5. The van der Waals surface area contributed by atoms with Gasteiger partial charge in [-0.25, -0.2) is 0 Å². The Morgan fingerprint density at radius 3 is 2.81 bits per heavy atom. The van der Waals surface area contributed by atoms with Gasteiger partial charge in [-0.3, -0.25) is 9.59 Å². The highest BCUT2D eigenvalue weighted by Crippen LogP contribution is 2.25. The smallest absolute Gasteiger partial charge is 0.257 e. The van der Waals surface area contributed by atoms with Gasteiger partial charge in [0.2, 0.25) is 5.91 Å². The molecule has 0 bridgehead atoms. The minimum Gasteiger partial charge on any atom is -0.469 e. The number of carbonyl (C=O) groups excluding carboxylic acids is 2. The van der Waals surface area contributed by atoms with Gasteiger partial charge in [0.05, 0.1) is 30.6 Å². The van der Waals surface area contributed by atoms with Gasteiger partial charge in [-0.2, -0.15) is 0 Å². The number of piperidine rings is 1. The molecule has 114 valence electrons. The molecule has 21 heavy (non-hydrogen) atoms. The van der Waals surface area contributed by atoms with Gasteiger partial charge in [0.1, 0.15) is 5.76 Å². The summed E-state index contributed by atoms with van der Waals surface area (Å²) in [6, 6.07) is 1.66. The first-order chi connectivity index (χ1) is 10.1. The molecular formula is C15H20N2O4. The Kier molecular flexibility index (Phi) is 3.71. The van der Waals surface area contributed by atoms with E-state index in [1.807, 2.05) is 4.90 Å². The van der Waals surface area contributed by atoms with E-state index in [1.165, 1.54) is 6.26 Å². The van der Waals surface area contributed by atoms with Crippen LogP contribution in [0.25, 0.3) is 0 Å². The topological polar surface area (TPSA) is 63.0 Å². The maximum Gasteiger partial charge on any atom is 0.257 e. The molecule has 2 saturated heterocycles. The quantitative estimate of drug-likeness (QED) is 0.776. The van der Waals surface area contributed by atoms with Crippen LogP contribution in [0.4, 0.5) is 0 Å². The molecule has 0 saturated carbocycles. The van der Waals surface area contributed by atoms with E-state index in [9.17, 15) is 9.59 Å². The van der Waals surface area contributed by atoms with E-state index in [-0.39, 0.29) is 24.0 Å². The molecule has 2 amide bonds. The van der Waals surface area contributed by atoms with Gasteiger partial charge in [0.25, 0.3) is 5.91 Å². The maximum absolute atomic E-state index is 12.6. The number of amides is 2. The van der Waals surface area contributed by atoms with E-state index < -0.39 is 0 Å². The predicted octanol–water partition coefficient (Wildman–Crippen LogP) is 1.05. The first-order valence-corrected chi connectivity index (χ1v) is 7.30. The molecular weight excluding hydrogens is 272 g/mol. The zero-order chi connectivity index (χ0) is 15.0. The highest BCUT2D eigenvalue weighted by molar-refractivity contribution is 5.95. The van der Waals surface area contributed by atoms with E-state index in [4.69, 9.17) is 9.15 Å². The Labute approximate surface area is 123 Å². The van der Waals surface area contributed by atoms with E-state index in [0.29, 0.717) is 37.6 Å². The number of nitrogens with zero attached hydrogens (tertiary/aromatic N) is 2. The molecule has 0 aromatic carbocycles. The minimum atomic E-state index is -0.0406. The molecule has 1 aromatic heterocycles. The van der Waals surface area contributed by atoms with Crippen molar-refractivity contribution in [2.24, 2.45) is 0 Å². The summed E-state index contributed by atoms with van der Waals surface area (Å²) in [5.41, 5.74) is 0.597. The average Bonchev–Trinajstić information content (AvgIpc) is 2.91. The van der Waals surface area contributed by atoms with Gasteiger partial charge in [0, 0.05) is 26.6 Å². The zero-order valence-electron chi connectivity index (χ0n) is 12.4. The Morgan fingerprint density at radius 1 is 1.33 bits per heavy atom. The van der Waals surface area contributed by atoms with Gasteiger partial charge < -0.3 is 19.0 Å². The van der Waals surface area contributed by atoms with Crippen molar-refractivity contribution in [1.29, 1.82) is 0 Å². The number of furan rings is 1. The zero-order valence-corrected chi connectivity index (χ0v) is 12.4. The third kappa shape index (κ3) is 2.55. The number of ether oxygens (including phenoxy) is 1. The number of carbonyl (C=O) groups is 2. The molecule has 1 aromatic rings. The molecule has 2 atom stereocenters. The third-order valence-electron chi connectivity index (χ3n) is 4.37.